The third kappa shape index (κ3) is 6.35. The number of aliphatic imine (C=N–C) groups is 1. The molecule has 0 spiro atoms. The molecule has 1 aromatic heterocycles. The molecular formula is C33H33N5O4. The molecule has 1 aliphatic rings. The van der Waals surface area contributed by atoms with E-state index >= 15 is 0 Å². The lowest BCUT2D eigenvalue weighted by Gasteiger charge is -2.25. The third-order valence-corrected chi connectivity index (χ3v) is 7.05. The highest BCUT2D eigenvalue weighted by Crippen LogP contribution is 2.27. The highest BCUT2D eigenvalue weighted by atomic mass is 16.4. The van der Waals surface area contributed by atoms with Crippen molar-refractivity contribution >= 4 is 29.0 Å². The van der Waals surface area contributed by atoms with Gasteiger partial charge in [0.05, 0.1) is 23.9 Å². The van der Waals surface area contributed by atoms with Crippen LogP contribution in [-0.4, -0.2) is 52.6 Å². The van der Waals surface area contributed by atoms with Crippen LogP contribution in [0, 0.1) is 19.8 Å². The molecule has 1 atom stereocenters. The van der Waals surface area contributed by atoms with E-state index in [9.17, 15) is 14.4 Å². The lowest BCUT2D eigenvalue weighted by atomic mass is 9.99. The minimum atomic E-state index is -0.916. The maximum Gasteiger partial charge on any atom is 0.286 e. The normalized spacial score (nSPS) is 13.8. The molecule has 5 rings (SSSR count). The fraction of sp³-hybridized carbons (Fsp3) is 0.273. The van der Waals surface area contributed by atoms with Gasteiger partial charge in [0, 0.05) is 11.1 Å². The maximum absolute atomic E-state index is 13.4. The Labute approximate surface area is 244 Å². The Morgan fingerprint density at radius 3 is 2.36 bits per heavy atom. The summed E-state index contributed by atoms with van der Waals surface area (Å²) in [7, 11) is 0. The van der Waals surface area contributed by atoms with Gasteiger partial charge < -0.3 is 14.6 Å². The van der Waals surface area contributed by atoms with Crippen LogP contribution >= 0.6 is 0 Å². The first-order valence-electron chi connectivity index (χ1n) is 13.9. The topological polar surface area (TPSA) is 118 Å². The van der Waals surface area contributed by atoms with Gasteiger partial charge in [-0.05, 0) is 31.4 Å². The number of aromatic nitrogens is 2. The first-order valence-corrected chi connectivity index (χ1v) is 13.9. The van der Waals surface area contributed by atoms with E-state index in [0.717, 1.165) is 27.8 Å². The van der Waals surface area contributed by atoms with Crippen molar-refractivity contribution < 1.29 is 18.8 Å². The van der Waals surface area contributed by atoms with Gasteiger partial charge in [-0.2, -0.15) is 0 Å². The molecule has 3 aromatic carbocycles. The van der Waals surface area contributed by atoms with Crippen molar-refractivity contribution in [1.29, 1.82) is 0 Å². The van der Waals surface area contributed by atoms with Gasteiger partial charge in [0.1, 0.15) is 13.1 Å². The quantitative estimate of drug-likeness (QED) is 0.300. The van der Waals surface area contributed by atoms with Crippen LogP contribution in [0.15, 0.2) is 82.2 Å². The molecule has 1 aliphatic heterocycles. The van der Waals surface area contributed by atoms with E-state index in [1.54, 1.807) is 6.07 Å². The zero-order valence-electron chi connectivity index (χ0n) is 24.1. The molecule has 0 aliphatic carbocycles. The summed E-state index contributed by atoms with van der Waals surface area (Å²) in [6.07, 6.45) is 0.394. The Hall–Kier alpha value is -4.92. The van der Waals surface area contributed by atoms with Crippen LogP contribution in [0.2, 0.25) is 0 Å². The number of aryl methyl sites for hydroxylation is 2. The number of nitrogens with one attached hydrogen (secondary N) is 1. The predicted octanol–water partition coefficient (Wildman–Crippen LogP) is 4.48. The molecular weight excluding hydrogens is 530 g/mol. The Balaban J connectivity index is 1.32. The van der Waals surface area contributed by atoms with Crippen molar-refractivity contribution in [2.75, 3.05) is 18.0 Å². The van der Waals surface area contributed by atoms with Gasteiger partial charge in [0.25, 0.3) is 5.89 Å². The fourth-order valence-electron chi connectivity index (χ4n) is 5.18. The van der Waals surface area contributed by atoms with Crippen molar-refractivity contribution in [3.63, 3.8) is 0 Å². The van der Waals surface area contributed by atoms with Crippen LogP contribution in [0.3, 0.4) is 0 Å². The van der Waals surface area contributed by atoms with Crippen LogP contribution < -0.4 is 10.2 Å². The number of hydrogen-bond acceptors (Lipinski definition) is 7. The number of anilines is 1. The Bertz CT molecular complexity index is 1640. The van der Waals surface area contributed by atoms with Crippen LogP contribution in [0.25, 0.3) is 0 Å². The number of Topliss-reactive ketones (excluding diaryl/α,β-unsaturated/α-hetero) is 1. The molecule has 4 aromatic rings. The van der Waals surface area contributed by atoms with Crippen LogP contribution in [-0.2, 0) is 16.0 Å². The van der Waals surface area contributed by atoms with E-state index in [1.165, 1.54) is 4.90 Å². The maximum atomic E-state index is 13.4. The first-order chi connectivity index (χ1) is 20.2. The number of fused-ring (bicyclic) bond motifs is 1. The van der Waals surface area contributed by atoms with Crippen molar-refractivity contribution in [2.45, 2.75) is 40.2 Å². The number of benzene rings is 3. The van der Waals surface area contributed by atoms with E-state index in [-0.39, 0.29) is 30.8 Å². The van der Waals surface area contributed by atoms with Gasteiger partial charge in [0.15, 0.2) is 0 Å². The molecule has 214 valence electrons. The molecule has 0 bridgehead atoms. The van der Waals surface area contributed by atoms with Gasteiger partial charge >= 0.3 is 0 Å². The lowest BCUT2D eigenvalue weighted by molar-refractivity contribution is -0.123. The number of ketones is 1. The average Bonchev–Trinajstić information content (AvgIpc) is 3.37. The molecule has 0 radical (unpaired) electrons. The number of hydrogen-bond donors (Lipinski definition) is 1. The molecule has 42 heavy (non-hydrogen) atoms. The second-order valence-electron chi connectivity index (χ2n) is 10.9. The zero-order chi connectivity index (χ0) is 29.8. The molecule has 2 amide bonds. The van der Waals surface area contributed by atoms with E-state index in [0.29, 0.717) is 23.7 Å². The summed E-state index contributed by atoms with van der Waals surface area (Å²) in [4.78, 5) is 45.9. The molecule has 9 heteroatoms. The van der Waals surface area contributed by atoms with Crippen LogP contribution in [0.4, 0.5) is 5.69 Å². The van der Waals surface area contributed by atoms with Gasteiger partial charge in [0.2, 0.25) is 23.5 Å². The number of carbonyl (C=O) groups excluding carboxylic acids is 3. The summed E-state index contributed by atoms with van der Waals surface area (Å²) in [5.41, 5.74) is 6.15. The van der Waals surface area contributed by atoms with Crippen molar-refractivity contribution in [3.8, 4) is 0 Å². The van der Waals surface area contributed by atoms with E-state index in [1.807, 2.05) is 88.4 Å². The monoisotopic (exact) mass is 563 g/mol. The molecule has 0 unspecified atom stereocenters. The smallest absolute Gasteiger partial charge is 0.286 e. The molecule has 9 nitrogen and oxygen atoms in total. The number of rotatable bonds is 9. The second kappa shape index (κ2) is 12.3. The Morgan fingerprint density at radius 1 is 0.952 bits per heavy atom. The number of para-hydroxylation sites is 1. The lowest BCUT2D eigenvalue weighted by Crippen LogP contribution is -2.49. The average molecular weight is 564 g/mol. The van der Waals surface area contributed by atoms with E-state index in [4.69, 9.17) is 4.42 Å². The van der Waals surface area contributed by atoms with Crippen molar-refractivity contribution in [2.24, 2.45) is 10.9 Å². The van der Waals surface area contributed by atoms with E-state index in [2.05, 4.69) is 26.6 Å². The number of benzodiazepines with no additional fused rings is 1. The van der Waals surface area contributed by atoms with Crippen LogP contribution in [0.5, 0.6) is 0 Å². The van der Waals surface area contributed by atoms with E-state index < -0.39 is 17.7 Å². The third-order valence-electron chi connectivity index (χ3n) is 7.05. The van der Waals surface area contributed by atoms with Gasteiger partial charge in [-0.3, -0.25) is 19.4 Å². The Kier molecular flexibility index (Phi) is 8.38. The number of amides is 2. The standard InChI is InChI=1S/C33H33N5O4/c1-20(2)30(32(41)33-37-36-28(42-33)17-23-15-21(3)14-22(4)16-23)35-27(39)19-38-26-13-9-8-12-25(26)31(34-18-29(38)40)24-10-6-5-7-11-24/h5-16,20,30H,17-19H2,1-4H3,(H,35,39)/t30-/m0/s1. The van der Waals surface area contributed by atoms with Crippen LogP contribution in [0.1, 0.15) is 58.2 Å². The SMILES string of the molecule is Cc1cc(C)cc(Cc2nnc(C(=O)[C@@H](NC(=O)CN3C(=O)CN=C(c4ccccc4)c4ccccc43)C(C)C)o2)c1. The summed E-state index contributed by atoms with van der Waals surface area (Å²) in [6.45, 7) is 7.30. The minimum absolute atomic E-state index is 0.107. The first kappa shape index (κ1) is 28.6. The second-order valence-corrected chi connectivity index (χ2v) is 10.9. The van der Waals surface area contributed by atoms with Crippen molar-refractivity contribution in [1.82, 2.24) is 15.5 Å². The minimum Gasteiger partial charge on any atom is -0.418 e. The molecule has 0 saturated carbocycles. The fourth-order valence-corrected chi connectivity index (χ4v) is 5.18. The van der Waals surface area contributed by atoms with Gasteiger partial charge in [-0.1, -0.05) is 91.7 Å². The van der Waals surface area contributed by atoms with Crippen molar-refractivity contribution in [3.05, 3.63) is 112 Å². The summed E-state index contributed by atoms with van der Waals surface area (Å²) in [6, 6.07) is 22.2. The molecule has 0 saturated heterocycles. The van der Waals surface area contributed by atoms with Gasteiger partial charge in [-0.25, -0.2) is 0 Å². The summed E-state index contributed by atoms with van der Waals surface area (Å²) in [5, 5.41) is 10.8. The number of nitrogens with zero attached hydrogens (tertiary/aromatic N) is 4. The Morgan fingerprint density at radius 2 is 1.64 bits per heavy atom. The molecule has 0 fully saturated rings. The summed E-state index contributed by atoms with van der Waals surface area (Å²) in [5.74, 6) is -1.39. The predicted molar refractivity (Wildman–Crippen MR) is 160 cm³/mol. The summed E-state index contributed by atoms with van der Waals surface area (Å²) >= 11 is 0. The number of carbonyl (C=O) groups is 3. The highest BCUT2D eigenvalue weighted by Gasteiger charge is 2.32. The highest BCUT2D eigenvalue weighted by molar-refractivity contribution is 6.20. The molecule has 1 N–H and O–H groups in total. The summed E-state index contributed by atoms with van der Waals surface area (Å²) < 4.78 is 5.72. The zero-order valence-corrected chi connectivity index (χ0v) is 24.1. The van der Waals surface area contributed by atoms with Gasteiger partial charge in [-0.15, -0.1) is 10.2 Å². The largest absolute Gasteiger partial charge is 0.418 e. The molecule has 2 heterocycles.